The summed E-state index contributed by atoms with van der Waals surface area (Å²) in [6.45, 7) is 2.06. The van der Waals surface area contributed by atoms with Crippen molar-refractivity contribution < 1.29 is 13.2 Å². The number of thiazole rings is 1. The molecule has 0 saturated heterocycles. The van der Waals surface area contributed by atoms with Gasteiger partial charge in [0.1, 0.15) is 5.01 Å². The minimum absolute atomic E-state index is 0.165. The number of halogens is 3. The topological polar surface area (TPSA) is 24.9 Å². The molecule has 2 rings (SSSR count). The summed E-state index contributed by atoms with van der Waals surface area (Å²) in [5.74, 6) is 0. The van der Waals surface area contributed by atoms with E-state index >= 15 is 0 Å². The van der Waals surface area contributed by atoms with Crippen LogP contribution in [0.3, 0.4) is 0 Å². The molecule has 0 spiro atoms. The summed E-state index contributed by atoms with van der Waals surface area (Å²) < 4.78 is 38.7. The third-order valence-electron chi connectivity index (χ3n) is 2.57. The lowest BCUT2D eigenvalue weighted by Crippen LogP contribution is -2.12. The van der Waals surface area contributed by atoms with Gasteiger partial charge >= 0.3 is 6.18 Å². The van der Waals surface area contributed by atoms with E-state index in [2.05, 4.69) is 10.3 Å². The van der Waals surface area contributed by atoms with E-state index in [1.54, 1.807) is 13.1 Å². The fourth-order valence-electron chi connectivity index (χ4n) is 1.76. The molecule has 0 unspecified atom stereocenters. The summed E-state index contributed by atoms with van der Waals surface area (Å²) in [5, 5.41) is 3.15. The Labute approximate surface area is 113 Å². The zero-order valence-electron chi connectivity index (χ0n) is 10.5. The van der Waals surface area contributed by atoms with Crippen molar-refractivity contribution in [3.63, 3.8) is 0 Å². The molecule has 0 aliphatic rings. The van der Waals surface area contributed by atoms with Gasteiger partial charge in [-0.2, -0.15) is 13.2 Å². The van der Waals surface area contributed by atoms with E-state index in [4.69, 9.17) is 0 Å². The molecule has 0 radical (unpaired) electrons. The highest BCUT2D eigenvalue weighted by Crippen LogP contribution is 2.37. The van der Waals surface area contributed by atoms with Crippen molar-refractivity contribution >= 4 is 11.3 Å². The summed E-state index contributed by atoms with van der Waals surface area (Å²) in [6, 6.07) is 7.32. The molecule has 1 heterocycles. The highest BCUT2D eigenvalue weighted by Gasteiger charge is 2.37. The molecule has 0 saturated carbocycles. The van der Waals surface area contributed by atoms with Gasteiger partial charge in [0.25, 0.3) is 0 Å². The van der Waals surface area contributed by atoms with Gasteiger partial charge in [0.05, 0.1) is 4.88 Å². The fraction of sp³-hybridized carbons (Fsp3) is 0.308. The van der Waals surface area contributed by atoms with Crippen LogP contribution in [0.1, 0.15) is 16.1 Å². The third-order valence-corrected chi connectivity index (χ3v) is 3.67. The zero-order chi connectivity index (χ0) is 14.0. The largest absolute Gasteiger partial charge is 0.434 e. The van der Waals surface area contributed by atoms with Crippen molar-refractivity contribution in [1.82, 2.24) is 10.3 Å². The van der Waals surface area contributed by atoms with Crippen LogP contribution in [0.2, 0.25) is 0 Å². The molecule has 0 fully saturated rings. The molecule has 102 valence electrons. The van der Waals surface area contributed by atoms with E-state index in [0.717, 1.165) is 22.5 Å². The molecule has 19 heavy (non-hydrogen) atoms. The summed E-state index contributed by atoms with van der Waals surface area (Å²) in [4.78, 5) is 3.98. The van der Waals surface area contributed by atoms with Crippen molar-refractivity contribution in [2.24, 2.45) is 0 Å². The number of aromatic nitrogens is 1. The summed E-state index contributed by atoms with van der Waals surface area (Å²) in [6.07, 6.45) is -4.41. The van der Waals surface area contributed by atoms with Crippen molar-refractivity contribution in [2.45, 2.75) is 19.6 Å². The van der Waals surface area contributed by atoms with Crippen molar-refractivity contribution in [1.29, 1.82) is 0 Å². The van der Waals surface area contributed by atoms with Gasteiger partial charge < -0.3 is 5.32 Å². The molecule has 0 aliphatic heterocycles. The van der Waals surface area contributed by atoms with Crippen molar-refractivity contribution in [2.75, 3.05) is 7.05 Å². The molecule has 1 aromatic carbocycles. The van der Waals surface area contributed by atoms with Crippen LogP contribution in [-0.4, -0.2) is 12.0 Å². The monoisotopic (exact) mass is 286 g/mol. The lowest BCUT2D eigenvalue weighted by Gasteiger charge is -2.04. The van der Waals surface area contributed by atoms with Gasteiger partial charge in [0, 0.05) is 12.1 Å². The molecule has 6 heteroatoms. The Balaban J connectivity index is 2.48. The minimum atomic E-state index is -4.41. The van der Waals surface area contributed by atoms with Crippen LogP contribution in [0.4, 0.5) is 13.2 Å². The molecular weight excluding hydrogens is 273 g/mol. The summed E-state index contributed by atoms with van der Waals surface area (Å²) in [7, 11) is 1.62. The molecule has 0 atom stereocenters. The van der Waals surface area contributed by atoms with Crippen molar-refractivity contribution in [3.8, 4) is 10.6 Å². The number of hydrogen-bond acceptors (Lipinski definition) is 3. The maximum Gasteiger partial charge on any atom is 0.434 e. The van der Waals surface area contributed by atoms with Gasteiger partial charge in [-0.15, -0.1) is 11.3 Å². The van der Waals surface area contributed by atoms with Crippen LogP contribution in [-0.2, 0) is 12.7 Å². The van der Waals surface area contributed by atoms with Gasteiger partial charge in [-0.1, -0.05) is 23.8 Å². The quantitative estimate of drug-likeness (QED) is 0.927. The Bertz CT molecular complexity index is 576. The van der Waals surface area contributed by atoms with Gasteiger partial charge in [0.2, 0.25) is 0 Å². The Morgan fingerprint density at radius 1 is 1.32 bits per heavy atom. The molecule has 2 aromatic rings. The number of rotatable bonds is 3. The van der Waals surface area contributed by atoms with E-state index in [1.807, 2.05) is 25.1 Å². The van der Waals surface area contributed by atoms with Crippen LogP contribution in [0.5, 0.6) is 0 Å². The molecule has 2 nitrogen and oxygen atoms in total. The van der Waals surface area contributed by atoms with Crippen LogP contribution >= 0.6 is 11.3 Å². The first kappa shape index (κ1) is 14.0. The Kier molecular flexibility index (Phi) is 3.91. The maximum atomic E-state index is 12.9. The van der Waals surface area contributed by atoms with E-state index in [1.165, 1.54) is 0 Å². The van der Waals surface area contributed by atoms with Crippen LogP contribution < -0.4 is 5.32 Å². The minimum Gasteiger partial charge on any atom is -0.315 e. The first-order valence-corrected chi connectivity index (χ1v) is 6.52. The van der Waals surface area contributed by atoms with Crippen LogP contribution in [0, 0.1) is 6.92 Å². The van der Waals surface area contributed by atoms with Crippen LogP contribution in [0.15, 0.2) is 24.3 Å². The molecule has 0 aliphatic carbocycles. The molecule has 0 amide bonds. The second-order valence-corrected chi connectivity index (χ2v) is 5.27. The predicted molar refractivity (Wildman–Crippen MR) is 70.1 cm³/mol. The fourth-order valence-corrected chi connectivity index (χ4v) is 2.84. The van der Waals surface area contributed by atoms with E-state index in [9.17, 15) is 13.2 Å². The second-order valence-electron chi connectivity index (χ2n) is 4.19. The first-order chi connectivity index (χ1) is 8.91. The van der Waals surface area contributed by atoms with E-state index in [-0.39, 0.29) is 11.4 Å². The van der Waals surface area contributed by atoms with Crippen LogP contribution in [0.25, 0.3) is 10.6 Å². The smallest absolute Gasteiger partial charge is 0.315 e. The highest BCUT2D eigenvalue weighted by atomic mass is 32.1. The Morgan fingerprint density at radius 2 is 2.05 bits per heavy atom. The maximum absolute atomic E-state index is 12.9. The molecule has 0 bridgehead atoms. The van der Waals surface area contributed by atoms with Gasteiger partial charge in [-0.25, -0.2) is 4.98 Å². The number of nitrogens with zero attached hydrogens (tertiary/aromatic N) is 1. The summed E-state index contributed by atoms with van der Waals surface area (Å²) >= 11 is 1.08. The predicted octanol–water partition coefficient (Wildman–Crippen LogP) is 3.86. The first-order valence-electron chi connectivity index (χ1n) is 5.70. The number of nitrogens with one attached hydrogen (secondary N) is 1. The molecule has 1 aromatic heterocycles. The SMILES string of the molecule is CNCc1sc(-c2cccc(C)c2)nc1C(F)(F)F. The normalized spacial score (nSPS) is 11.8. The molecule has 1 N–H and O–H groups in total. The second kappa shape index (κ2) is 5.30. The van der Waals surface area contributed by atoms with Gasteiger partial charge in [-0.05, 0) is 20.0 Å². The number of benzene rings is 1. The third kappa shape index (κ3) is 3.13. The average molecular weight is 286 g/mol. The lowest BCUT2D eigenvalue weighted by atomic mass is 10.1. The van der Waals surface area contributed by atoms with E-state index < -0.39 is 11.9 Å². The van der Waals surface area contributed by atoms with Gasteiger partial charge in [-0.3, -0.25) is 0 Å². The molecular formula is C13H13F3N2S. The van der Waals surface area contributed by atoms with Gasteiger partial charge in [0.15, 0.2) is 5.69 Å². The lowest BCUT2D eigenvalue weighted by molar-refractivity contribution is -0.141. The number of hydrogen-bond donors (Lipinski definition) is 1. The number of alkyl halides is 3. The van der Waals surface area contributed by atoms with Crippen molar-refractivity contribution in [3.05, 3.63) is 40.4 Å². The Hall–Kier alpha value is -1.40. The average Bonchev–Trinajstić information content (AvgIpc) is 2.73. The summed E-state index contributed by atoms with van der Waals surface area (Å²) in [5.41, 5.74) is 0.928. The zero-order valence-corrected chi connectivity index (χ0v) is 11.3. The van der Waals surface area contributed by atoms with E-state index in [0.29, 0.717) is 5.01 Å². The Morgan fingerprint density at radius 3 is 2.63 bits per heavy atom. The standard InChI is InChI=1S/C13H13F3N2S/c1-8-4-3-5-9(6-8)12-18-11(13(14,15)16)10(19-12)7-17-2/h3-6,17H,7H2,1-2H3. The number of aryl methyl sites for hydroxylation is 1. The highest BCUT2D eigenvalue weighted by molar-refractivity contribution is 7.15.